The van der Waals surface area contributed by atoms with Gasteiger partial charge in [-0.2, -0.15) is 0 Å². The molecule has 0 saturated heterocycles. The Morgan fingerprint density at radius 2 is 1.74 bits per heavy atom. The molecule has 0 aliphatic carbocycles. The van der Waals surface area contributed by atoms with Crippen LogP contribution in [0.2, 0.25) is 0 Å². The Hall–Kier alpha value is -3.13. The number of amides is 2. The molecular weight excluding hydrogens is 446 g/mol. The predicted octanol–water partition coefficient (Wildman–Crippen LogP) is 5.10. The van der Waals surface area contributed by atoms with E-state index in [1.54, 1.807) is 6.07 Å². The molecule has 7 nitrogen and oxygen atoms in total. The summed E-state index contributed by atoms with van der Waals surface area (Å²) < 4.78 is 1.84. The van der Waals surface area contributed by atoms with Crippen LogP contribution in [0.1, 0.15) is 67.0 Å². The number of rotatable bonds is 9. The first-order valence-corrected chi connectivity index (χ1v) is 12.4. The van der Waals surface area contributed by atoms with Gasteiger partial charge in [-0.15, -0.1) is 10.2 Å². The van der Waals surface area contributed by atoms with E-state index in [1.807, 2.05) is 74.9 Å². The van der Waals surface area contributed by atoms with Crippen LogP contribution in [0.25, 0.3) is 0 Å². The van der Waals surface area contributed by atoms with E-state index in [9.17, 15) is 9.59 Å². The van der Waals surface area contributed by atoms with Gasteiger partial charge in [-0.05, 0) is 48.6 Å². The third kappa shape index (κ3) is 6.47. The molecule has 8 heteroatoms. The molecule has 3 aromatic rings. The number of aryl methyl sites for hydroxylation is 1. The molecule has 1 unspecified atom stereocenters. The standard InChI is InChI=1S/C26H33N5O2S/c1-16(2)19-10-12-21(13-11-19)27-22(32)15-34-26-30-29-24(31(26)6)23(17(3)4)28-25(33)20-9-7-8-18(5)14-20/h7-14,16-17,23H,15H2,1-6H3,(H,27,32)(H,28,33). The second kappa shape index (κ2) is 11.3. The maximum absolute atomic E-state index is 12.8. The van der Waals surface area contributed by atoms with Crippen molar-refractivity contribution < 1.29 is 9.59 Å². The van der Waals surface area contributed by atoms with E-state index in [2.05, 4.69) is 34.7 Å². The molecule has 0 aliphatic heterocycles. The minimum atomic E-state index is -0.312. The molecule has 0 aliphatic rings. The van der Waals surface area contributed by atoms with Crippen LogP contribution in [0.3, 0.4) is 0 Å². The van der Waals surface area contributed by atoms with Crippen molar-refractivity contribution in [1.82, 2.24) is 20.1 Å². The van der Waals surface area contributed by atoms with E-state index in [0.29, 0.717) is 22.5 Å². The molecule has 180 valence electrons. The van der Waals surface area contributed by atoms with Crippen molar-refractivity contribution in [3.05, 3.63) is 71.0 Å². The molecule has 2 aromatic carbocycles. The molecule has 1 heterocycles. The summed E-state index contributed by atoms with van der Waals surface area (Å²) in [5, 5.41) is 15.2. The van der Waals surface area contributed by atoms with Gasteiger partial charge < -0.3 is 15.2 Å². The minimum absolute atomic E-state index is 0.103. The number of aromatic nitrogens is 3. The van der Waals surface area contributed by atoms with Gasteiger partial charge in [-0.1, -0.05) is 69.3 Å². The van der Waals surface area contributed by atoms with Crippen LogP contribution in [0, 0.1) is 12.8 Å². The minimum Gasteiger partial charge on any atom is -0.342 e. The Morgan fingerprint density at radius 3 is 2.35 bits per heavy atom. The zero-order valence-corrected chi connectivity index (χ0v) is 21.4. The molecule has 0 spiro atoms. The number of carbonyl (C=O) groups excluding carboxylic acids is 2. The quantitative estimate of drug-likeness (QED) is 0.417. The maximum Gasteiger partial charge on any atom is 0.251 e. The van der Waals surface area contributed by atoms with Crippen LogP contribution < -0.4 is 10.6 Å². The smallest absolute Gasteiger partial charge is 0.251 e. The molecular formula is C26H33N5O2S. The van der Waals surface area contributed by atoms with Crippen LogP contribution in [0.4, 0.5) is 5.69 Å². The van der Waals surface area contributed by atoms with Crippen molar-refractivity contribution in [2.45, 2.75) is 51.7 Å². The highest BCUT2D eigenvalue weighted by Crippen LogP contribution is 2.25. The van der Waals surface area contributed by atoms with Crippen molar-refractivity contribution in [3.8, 4) is 0 Å². The lowest BCUT2D eigenvalue weighted by Crippen LogP contribution is -2.33. The Kier molecular flexibility index (Phi) is 8.50. The average molecular weight is 480 g/mol. The summed E-state index contributed by atoms with van der Waals surface area (Å²) in [4.78, 5) is 25.3. The van der Waals surface area contributed by atoms with E-state index in [1.165, 1.54) is 17.3 Å². The molecule has 2 amide bonds. The summed E-state index contributed by atoms with van der Waals surface area (Å²) in [7, 11) is 1.86. The van der Waals surface area contributed by atoms with Gasteiger partial charge >= 0.3 is 0 Å². The lowest BCUT2D eigenvalue weighted by molar-refractivity contribution is -0.113. The number of thioether (sulfide) groups is 1. The van der Waals surface area contributed by atoms with Crippen molar-refractivity contribution in [3.63, 3.8) is 0 Å². The normalized spacial score (nSPS) is 12.1. The summed E-state index contributed by atoms with van der Waals surface area (Å²) in [6.45, 7) is 10.3. The van der Waals surface area contributed by atoms with Gasteiger partial charge in [0.25, 0.3) is 5.91 Å². The van der Waals surface area contributed by atoms with Gasteiger partial charge in [0.2, 0.25) is 5.91 Å². The van der Waals surface area contributed by atoms with Gasteiger partial charge in [-0.3, -0.25) is 9.59 Å². The molecule has 0 radical (unpaired) electrons. The molecule has 1 aromatic heterocycles. The number of nitrogens with zero attached hydrogens (tertiary/aromatic N) is 3. The van der Waals surface area contributed by atoms with Crippen molar-refractivity contribution in [2.75, 3.05) is 11.1 Å². The highest BCUT2D eigenvalue weighted by atomic mass is 32.2. The van der Waals surface area contributed by atoms with E-state index in [4.69, 9.17) is 0 Å². The van der Waals surface area contributed by atoms with Crippen LogP contribution in [0.15, 0.2) is 53.7 Å². The molecule has 34 heavy (non-hydrogen) atoms. The zero-order chi connectivity index (χ0) is 24.8. The molecule has 3 rings (SSSR count). The largest absolute Gasteiger partial charge is 0.342 e. The maximum atomic E-state index is 12.8. The SMILES string of the molecule is Cc1cccc(C(=O)NC(c2nnc(SCC(=O)Nc3ccc(C(C)C)cc3)n2C)C(C)C)c1. The summed E-state index contributed by atoms with van der Waals surface area (Å²) in [6, 6.07) is 15.1. The van der Waals surface area contributed by atoms with Gasteiger partial charge in [0.15, 0.2) is 11.0 Å². The molecule has 1 atom stereocenters. The fraction of sp³-hybridized carbons (Fsp3) is 0.385. The Balaban J connectivity index is 1.63. The van der Waals surface area contributed by atoms with Gasteiger partial charge in [0.05, 0.1) is 11.8 Å². The van der Waals surface area contributed by atoms with Crippen LogP contribution in [-0.2, 0) is 11.8 Å². The lowest BCUT2D eigenvalue weighted by Gasteiger charge is -2.21. The highest BCUT2D eigenvalue weighted by Gasteiger charge is 2.25. The van der Waals surface area contributed by atoms with Crippen molar-refractivity contribution in [1.29, 1.82) is 0 Å². The zero-order valence-electron chi connectivity index (χ0n) is 20.6. The molecule has 0 fully saturated rings. The summed E-state index contributed by atoms with van der Waals surface area (Å²) in [5.74, 6) is 1.15. The molecule has 0 saturated carbocycles. The van der Waals surface area contributed by atoms with Gasteiger partial charge in [0.1, 0.15) is 0 Å². The summed E-state index contributed by atoms with van der Waals surface area (Å²) >= 11 is 1.31. The number of nitrogens with one attached hydrogen (secondary N) is 2. The Bertz CT molecular complexity index is 1140. The Labute approximate surface area is 205 Å². The second-order valence-corrected chi connectivity index (χ2v) is 10.0. The third-order valence-corrected chi connectivity index (χ3v) is 6.59. The first-order chi connectivity index (χ1) is 16.2. The Morgan fingerprint density at radius 1 is 1.03 bits per heavy atom. The fourth-order valence-electron chi connectivity index (χ4n) is 3.54. The van der Waals surface area contributed by atoms with Gasteiger partial charge in [0, 0.05) is 18.3 Å². The van der Waals surface area contributed by atoms with Crippen LogP contribution >= 0.6 is 11.8 Å². The van der Waals surface area contributed by atoms with E-state index >= 15 is 0 Å². The summed E-state index contributed by atoms with van der Waals surface area (Å²) in [5.41, 5.74) is 3.64. The second-order valence-electron chi connectivity index (χ2n) is 9.08. The topological polar surface area (TPSA) is 88.9 Å². The summed E-state index contributed by atoms with van der Waals surface area (Å²) in [6.07, 6.45) is 0. The number of carbonyl (C=O) groups is 2. The number of hydrogen-bond donors (Lipinski definition) is 2. The lowest BCUT2D eigenvalue weighted by atomic mass is 10.0. The van der Waals surface area contributed by atoms with Crippen LogP contribution in [0.5, 0.6) is 0 Å². The number of benzene rings is 2. The average Bonchev–Trinajstić information content (AvgIpc) is 3.16. The fourth-order valence-corrected chi connectivity index (χ4v) is 4.26. The highest BCUT2D eigenvalue weighted by molar-refractivity contribution is 7.99. The van der Waals surface area contributed by atoms with E-state index < -0.39 is 0 Å². The number of anilines is 1. The predicted molar refractivity (Wildman–Crippen MR) is 137 cm³/mol. The first-order valence-electron chi connectivity index (χ1n) is 11.4. The number of hydrogen-bond acceptors (Lipinski definition) is 5. The van der Waals surface area contributed by atoms with Crippen LogP contribution in [-0.4, -0.2) is 32.3 Å². The third-order valence-electron chi connectivity index (χ3n) is 5.57. The monoisotopic (exact) mass is 479 g/mol. The van der Waals surface area contributed by atoms with Crippen molar-refractivity contribution >= 4 is 29.3 Å². The van der Waals surface area contributed by atoms with E-state index in [0.717, 1.165) is 11.3 Å². The molecule has 2 N–H and O–H groups in total. The molecule has 0 bridgehead atoms. The van der Waals surface area contributed by atoms with E-state index in [-0.39, 0.29) is 29.5 Å². The van der Waals surface area contributed by atoms with Gasteiger partial charge in [-0.25, -0.2) is 0 Å². The van der Waals surface area contributed by atoms with Crippen molar-refractivity contribution in [2.24, 2.45) is 13.0 Å². The first kappa shape index (κ1) is 25.5.